The monoisotopic (exact) mass is 338 g/mol. The molecule has 2 rings (SSSR count). The maximum Gasteiger partial charge on any atom is 0.250 e. The maximum atomic E-state index is 11.8. The summed E-state index contributed by atoms with van der Waals surface area (Å²) in [7, 11) is -7.28. The van der Waals surface area contributed by atoms with Crippen LogP contribution in [0.4, 0.5) is 0 Å². The zero-order chi connectivity index (χ0) is 14.1. The third-order valence-electron chi connectivity index (χ3n) is 2.11. The number of sulfonamides is 2. The van der Waals surface area contributed by atoms with Crippen molar-refractivity contribution < 1.29 is 16.8 Å². The zero-order valence-electron chi connectivity index (χ0n) is 9.44. The van der Waals surface area contributed by atoms with Crippen LogP contribution in [0.3, 0.4) is 0 Å². The summed E-state index contributed by atoms with van der Waals surface area (Å²) in [5.41, 5.74) is 0. The lowest BCUT2D eigenvalue weighted by Crippen LogP contribution is -2.21. The molecule has 0 saturated carbocycles. The number of primary sulfonamides is 1. The average Bonchev–Trinajstić information content (AvgIpc) is 2.97. The van der Waals surface area contributed by atoms with Crippen LogP contribution in [0.2, 0.25) is 0 Å². The molecule has 0 atom stereocenters. The lowest BCUT2D eigenvalue weighted by atomic mass is 10.5. The second-order valence-electron chi connectivity index (χ2n) is 3.52. The van der Waals surface area contributed by atoms with Crippen molar-refractivity contribution in [3.05, 3.63) is 34.5 Å². The summed E-state index contributed by atoms with van der Waals surface area (Å²) in [4.78, 5) is 0.573. The van der Waals surface area contributed by atoms with Gasteiger partial charge in [0.15, 0.2) is 0 Å². The Morgan fingerprint density at radius 3 is 2.37 bits per heavy atom. The van der Waals surface area contributed by atoms with E-state index in [1.165, 1.54) is 18.2 Å². The van der Waals surface area contributed by atoms with Crippen LogP contribution < -0.4 is 9.86 Å². The summed E-state index contributed by atoms with van der Waals surface area (Å²) < 4.78 is 48.5. The van der Waals surface area contributed by atoms with Gasteiger partial charge in [0.2, 0.25) is 20.0 Å². The molecule has 0 aliphatic heterocycles. The fourth-order valence-electron chi connectivity index (χ4n) is 1.26. The fourth-order valence-corrected chi connectivity index (χ4v) is 5.11. The standard InChI is InChI=1S/C9H10N2O4S4/c10-18(12,13)9-4-3-7(17-9)6-11-19(14,15)8-2-1-5-16-8/h1-5,11H,6H2,(H2,10,12,13). The molecule has 2 heterocycles. The van der Waals surface area contributed by atoms with Gasteiger partial charge in [-0.15, -0.1) is 22.7 Å². The van der Waals surface area contributed by atoms with Crippen molar-refractivity contribution in [2.75, 3.05) is 0 Å². The first-order valence-electron chi connectivity index (χ1n) is 4.94. The number of hydrogen-bond acceptors (Lipinski definition) is 6. The van der Waals surface area contributed by atoms with Crippen LogP contribution in [0.25, 0.3) is 0 Å². The molecule has 3 N–H and O–H groups in total. The normalized spacial score (nSPS) is 12.7. The number of rotatable bonds is 5. The number of nitrogens with two attached hydrogens (primary N) is 1. The van der Waals surface area contributed by atoms with Crippen LogP contribution in [-0.2, 0) is 26.6 Å². The Labute approximate surface area is 119 Å². The summed E-state index contributed by atoms with van der Waals surface area (Å²) >= 11 is 2.05. The van der Waals surface area contributed by atoms with Crippen molar-refractivity contribution in [3.8, 4) is 0 Å². The highest BCUT2D eigenvalue weighted by molar-refractivity contribution is 7.91. The Bertz CT molecular complexity index is 759. The average molecular weight is 338 g/mol. The molecule has 19 heavy (non-hydrogen) atoms. The summed E-state index contributed by atoms with van der Waals surface area (Å²) in [6.45, 7) is 0.0282. The van der Waals surface area contributed by atoms with Crippen molar-refractivity contribution in [1.82, 2.24) is 4.72 Å². The molecule has 0 fully saturated rings. The van der Waals surface area contributed by atoms with Crippen LogP contribution in [0.1, 0.15) is 4.88 Å². The summed E-state index contributed by atoms with van der Waals surface area (Å²) in [5, 5.41) is 6.64. The lowest BCUT2D eigenvalue weighted by Gasteiger charge is -2.02. The van der Waals surface area contributed by atoms with E-state index in [0.29, 0.717) is 4.88 Å². The zero-order valence-corrected chi connectivity index (χ0v) is 12.7. The Kier molecular flexibility index (Phi) is 4.08. The van der Waals surface area contributed by atoms with Gasteiger partial charge in [0, 0.05) is 11.4 Å². The van der Waals surface area contributed by atoms with Crippen LogP contribution in [0.15, 0.2) is 38.1 Å². The summed E-state index contributed by atoms with van der Waals surface area (Å²) in [5.74, 6) is 0. The van der Waals surface area contributed by atoms with Crippen LogP contribution in [-0.4, -0.2) is 16.8 Å². The number of hydrogen-bond donors (Lipinski definition) is 2. The smallest absolute Gasteiger partial charge is 0.224 e. The molecule has 0 amide bonds. The molecule has 2 aromatic heterocycles. The summed E-state index contributed by atoms with van der Waals surface area (Å²) in [6, 6.07) is 6.02. The lowest BCUT2D eigenvalue weighted by molar-refractivity contribution is 0.584. The highest BCUT2D eigenvalue weighted by Crippen LogP contribution is 2.21. The predicted molar refractivity (Wildman–Crippen MR) is 74.0 cm³/mol. The highest BCUT2D eigenvalue weighted by atomic mass is 32.3. The van der Waals surface area contributed by atoms with E-state index in [2.05, 4.69) is 4.72 Å². The quantitative estimate of drug-likeness (QED) is 0.846. The Morgan fingerprint density at radius 1 is 1.11 bits per heavy atom. The molecule has 0 saturated heterocycles. The van der Waals surface area contributed by atoms with Gasteiger partial charge in [0.1, 0.15) is 8.42 Å². The van der Waals surface area contributed by atoms with E-state index in [0.717, 1.165) is 22.7 Å². The summed E-state index contributed by atoms with van der Waals surface area (Å²) in [6.07, 6.45) is 0. The van der Waals surface area contributed by atoms with Gasteiger partial charge < -0.3 is 0 Å². The minimum absolute atomic E-state index is 0.0119. The Hall–Kier alpha value is -0.780. The first kappa shape index (κ1) is 14.6. The van der Waals surface area contributed by atoms with Crippen molar-refractivity contribution in [2.45, 2.75) is 15.0 Å². The van der Waals surface area contributed by atoms with Crippen molar-refractivity contribution in [1.29, 1.82) is 0 Å². The van der Waals surface area contributed by atoms with Crippen molar-refractivity contribution in [2.24, 2.45) is 5.14 Å². The molecule has 0 aliphatic rings. The van der Waals surface area contributed by atoms with Gasteiger partial charge in [-0.2, -0.15) is 0 Å². The maximum absolute atomic E-state index is 11.8. The molecule has 0 aromatic carbocycles. The third-order valence-corrected chi connectivity index (χ3v) is 7.44. The van der Waals surface area contributed by atoms with Crippen LogP contribution >= 0.6 is 22.7 Å². The van der Waals surface area contributed by atoms with E-state index in [4.69, 9.17) is 5.14 Å². The van der Waals surface area contributed by atoms with Crippen LogP contribution in [0, 0.1) is 0 Å². The van der Waals surface area contributed by atoms with Gasteiger partial charge in [-0.25, -0.2) is 26.7 Å². The van der Waals surface area contributed by atoms with E-state index in [-0.39, 0.29) is 15.0 Å². The second-order valence-corrected chi connectivity index (χ2v) is 9.42. The molecular weight excluding hydrogens is 328 g/mol. The van der Waals surface area contributed by atoms with E-state index < -0.39 is 20.0 Å². The Balaban J connectivity index is 2.10. The van der Waals surface area contributed by atoms with Gasteiger partial charge in [-0.1, -0.05) is 6.07 Å². The molecule has 10 heteroatoms. The number of thiophene rings is 2. The molecular formula is C9H10N2O4S4. The van der Waals surface area contributed by atoms with Crippen LogP contribution in [0.5, 0.6) is 0 Å². The molecule has 0 aliphatic carbocycles. The van der Waals surface area contributed by atoms with E-state index in [1.807, 2.05) is 0 Å². The highest BCUT2D eigenvalue weighted by Gasteiger charge is 2.16. The fraction of sp³-hybridized carbons (Fsp3) is 0.111. The van der Waals surface area contributed by atoms with Gasteiger partial charge >= 0.3 is 0 Å². The third kappa shape index (κ3) is 3.61. The van der Waals surface area contributed by atoms with Crippen molar-refractivity contribution >= 4 is 42.7 Å². The minimum atomic E-state index is -3.74. The molecule has 6 nitrogen and oxygen atoms in total. The SMILES string of the molecule is NS(=O)(=O)c1ccc(CNS(=O)(=O)c2cccs2)s1. The molecule has 0 unspecified atom stereocenters. The minimum Gasteiger partial charge on any atom is -0.224 e. The largest absolute Gasteiger partial charge is 0.250 e. The first-order chi connectivity index (χ1) is 8.79. The van der Waals surface area contributed by atoms with Gasteiger partial charge in [-0.3, -0.25) is 0 Å². The Morgan fingerprint density at radius 2 is 1.84 bits per heavy atom. The first-order valence-corrected chi connectivity index (χ1v) is 9.66. The molecule has 104 valence electrons. The van der Waals surface area contributed by atoms with Gasteiger partial charge in [0.05, 0.1) is 0 Å². The predicted octanol–water partition coefficient (Wildman–Crippen LogP) is 0.935. The topological polar surface area (TPSA) is 106 Å². The molecule has 0 radical (unpaired) electrons. The van der Waals surface area contributed by atoms with Gasteiger partial charge in [0.25, 0.3) is 0 Å². The van der Waals surface area contributed by atoms with Crippen molar-refractivity contribution in [3.63, 3.8) is 0 Å². The molecule has 0 bridgehead atoms. The van der Waals surface area contributed by atoms with Gasteiger partial charge in [-0.05, 0) is 23.6 Å². The molecule has 0 spiro atoms. The molecule has 2 aromatic rings. The van der Waals surface area contributed by atoms with E-state index >= 15 is 0 Å². The number of nitrogens with one attached hydrogen (secondary N) is 1. The second kappa shape index (κ2) is 5.31. The van der Waals surface area contributed by atoms with E-state index in [1.54, 1.807) is 11.4 Å². The van der Waals surface area contributed by atoms with E-state index in [9.17, 15) is 16.8 Å².